The van der Waals surface area contributed by atoms with Crippen molar-refractivity contribution in [1.29, 1.82) is 0 Å². The summed E-state index contributed by atoms with van der Waals surface area (Å²) in [6.45, 7) is 1.94. The van der Waals surface area contributed by atoms with Crippen molar-refractivity contribution in [2.45, 2.75) is 13.3 Å². The molecule has 0 aliphatic carbocycles. The number of esters is 1. The van der Waals surface area contributed by atoms with E-state index >= 15 is 0 Å². The van der Waals surface area contributed by atoms with Gasteiger partial charge in [-0.25, -0.2) is 4.79 Å². The lowest BCUT2D eigenvalue weighted by Gasteiger charge is -2.20. The van der Waals surface area contributed by atoms with Crippen molar-refractivity contribution >= 4 is 46.0 Å². The molecule has 0 saturated carbocycles. The Morgan fingerprint density at radius 3 is 2.82 bits per heavy atom. The summed E-state index contributed by atoms with van der Waals surface area (Å²) in [5.74, 6) is -0.00213. The summed E-state index contributed by atoms with van der Waals surface area (Å²) in [6, 6.07) is 4.86. The molecule has 0 bridgehead atoms. The highest BCUT2D eigenvalue weighted by Gasteiger charge is 2.34. The fourth-order valence-corrected chi connectivity index (χ4v) is 3.38. The minimum absolute atomic E-state index is 0.0268. The van der Waals surface area contributed by atoms with E-state index in [-0.39, 0.29) is 22.5 Å². The molecule has 1 atom stereocenters. The van der Waals surface area contributed by atoms with Gasteiger partial charge in [-0.05, 0) is 18.1 Å². The Morgan fingerprint density at radius 1 is 1.45 bits per heavy atom. The Morgan fingerprint density at radius 2 is 2.18 bits per heavy atom. The van der Waals surface area contributed by atoms with E-state index in [1.165, 1.54) is 30.7 Å². The van der Waals surface area contributed by atoms with Gasteiger partial charge in [0.25, 0.3) is 0 Å². The average Bonchev–Trinajstić information content (AvgIpc) is 2.84. The maximum absolute atomic E-state index is 12.3. The van der Waals surface area contributed by atoms with Gasteiger partial charge in [-0.2, -0.15) is 0 Å². The molecule has 1 aromatic carbocycles. The third-order valence-electron chi connectivity index (χ3n) is 3.39. The lowest BCUT2D eigenvalue weighted by atomic mass is 10.1. The normalized spacial score (nSPS) is 17.7. The van der Waals surface area contributed by atoms with Crippen LogP contribution in [-0.2, 0) is 14.3 Å². The van der Waals surface area contributed by atoms with Crippen molar-refractivity contribution in [1.82, 2.24) is 0 Å². The molecule has 0 radical (unpaired) electrons. The minimum Gasteiger partial charge on any atom is -0.465 e. The van der Waals surface area contributed by atoms with Crippen LogP contribution in [0.5, 0.6) is 0 Å². The number of hydrogen-bond donors (Lipinski definition) is 0. The number of para-hydroxylation sites is 1. The largest absolute Gasteiger partial charge is 0.465 e. The van der Waals surface area contributed by atoms with Crippen molar-refractivity contribution in [2.75, 3.05) is 24.3 Å². The Balaban J connectivity index is 2.26. The first-order chi connectivity index (χ1) is 10.4. The summed E-state index contributed by atoms with van der Waals surface area (Å²) in [5.41, 5.74) is 0.652. The van der Waals surface area contributed by atoms with Crippen molar-refractivity contribution in [3.8, 4) is 0 Å². The molecule has 0 spiro atoms. The molecule has 2 rings (SSSR count). The van der Waals surface area contributed by atoms with Gasteiger partial charge in [0.15, 0.2) is 5.12 Å². The van der Waals surface area contributed by atoms with Gasteiger partial charge in [-0.3, -0.25) is 9.59 Å². The van der Waals surface area contributed by atoms with Gasteiger partial charge >= 0.3 is 5.97 Å². The quantitative estimate of drug-likeness (QED) is 0.788. The van der Waals surface area contributed by atoms with Crippen LogP contribution >= 0.6 is 23.4 Å². The number of hydrogen-bond acceptors (Lipinski definition) is 5. The van der Waals surface area contributed by atoms with Crippen molar-refractivity contribution in [2.24, 2.45) is 5.92 Å². The summed E-state index contributed by atoms with van der Waals surface area (Å²) < 4.78 is 4.75. The first kappa shape index (κ1) is 16.8. The first-order valence-corrected chi connectivity index (χ1v) is 8.11. The first-order valence-electron chi connectivity index (χ1n) is 6.74. The number of ether oxygens (including phenoxy) is 1. The standard InChI is InChI=1S/C15H16ClNO4S/c1-9(18)22-8-10-6-13(19)17(7-10)14-11(15(20)21-2)4-3-5-12(14)16/h3-5,10H,6-8H2,1-2H3. The molecule has 1 amide bonds. The van der Waals surface area contributed by atoms with Gasteiger partial charge < -0.3 is 9.64 Å². The van der Waals surface area contributed by atoms with Gasteiger partial charge in [-0.1, -0.05) is 29.4 Å². The van der Waals surface area contributed by atoms with Crippen LogP contribution in [0.2, 0.25) is 5.02 Å². The number of carbonyl (C=O) groups excluding carboxylic acids is 3. The van der Waals surface area contributed by atoms with Crippen LogP contribution in [0.15, 0.2) is 18.2 Å². The van der Waals surface area contributed by atoms with E-state index in [0.29, 0.717) is 29.4 Å². The van der Waals surface area contributed by atoms with Crippen LogP contribution in [0.1, 0.15) is 23.7 Å². The molecule has 1 saturated heterocycles. The van der Waals surface area contributed by atoms with Gasteiger partial charge in [0.1, 0.15) is 0 Å². The third kappa shape index (κ3) is 3.62. The van der Waals surface area contributed by atoms with E-state index in [2.05, 4.69) is 0 Å². The lowest BCUT2D eigenvalue weighted by molar-refractivity contribution is -0.117. The Kier molecular flexibility index (Phi) is 5.47. The average molecular weight is 342 g/mol. The zero-order chi connectivity index (χ0) is 16.3. The Hall–Kier alpha value is -1.53. The summed E-state index contributed by atoms with van der Waals surface area (Å²) in [5, 5.41) is 0.356. The number of rotatable bonds is 4. The summed E-state index contributed by atoms with van der Waals surface area (Å²) in [7, 11) is 1.28. The molecule has 1 fully saturated rings. The molecular weight excluding hydrogens is 326 g/mol. The van der Waals surface area contributed by atoms with Gasteiger partial charge in [-0.15, -0.1) is 0 Å². The number of anilines is 1. The van der Waals surface area contributed by atoms with E-state index in [9.17, 15) is 14.4 Å². The van der Waals surface area contributed by atoms with E-state index < -0.39 is 5.97 Å². The monoisotopic (exact) mass is 341 g/mol. The van der Waals surface area contributed by atoms with Crippen LogP contribution in [-0.4, -0.2) is 36.4 Å². The molecular formula is C15H16ClNO4S. The molecule has 1 aliphatic rings. The highest BCUT2D eigenvalue weighted by atomic mass is 35.5. The van der Waals surface area contributed by atoms with Crippen LogP contribution < -0.4 is 4.90 Å². The van der Waals surface area contributed by atoms with E-state index in [1.807, 2.05) is 0 Å². The zero-order valence-electron chi connectivity index (χ0n) is 12.3. The number of nitrogens with zero attached hydrogens (tertiary/aromatic N) is 1. The summed E-state index contributed by atoms with van der Waals surface area (Å²) in [6.07, 6.45) is 0.339. The van der Waals surface area contributed by atoms with Crippen LogP contribution in [0.4, 0.5) is 5.69 Å². The molecule has 1 aliphatic heterocycles. The van der Waals surface area contributed by atoms with E-state index in [1.54, 1.807) is 18.2 Å². The molecule has 1 unspecified atom stereocenters. The van der Waals surface area contributed by atoms with Crippen molar-refractivity contribution in [3.63, 3.8) is 0 Å². The Bertz CT molecular complexity index is 620. The van der Waals surface area contributed by atoms with E-state index in [0.717, 1.165) is 0 Å². The highest BCUT2D eigenvalue weighted by Crippen LogP contribution is 2.35. The highest BCUT2D eigenvalue weighted by molar-refractivity contribution is 8.13. The fourth-order valence-electron chi connectivity index (χ4n) is 2.41. The predicted molar refractivity (Wildman–Crippen MR) is 86.4 cm³/mol. The molecule has 118 valence electrons. The number of methoxy groups -OCH3 is 1. The maximum Gasteiger partial charge on any atom is 0.340 e. The molecule has 22 heavy (non-hydrogen) atoms. The second-order valence-electron chi connectivity index (χ2n) is 5.00. The molecule has 0 N–H and O–H groups in total. The fraction of sp³-hybridized carbons (Fsp3) is 0.400. The van der Waals surface area contributed by atoms with E-state index in [4.69, 9.17) is 16.3 Å². The third-order valence-corrected chi connectivity index (χ3v) is 4.74. The van der Waals surface area contributed by atoms with Gasteiger partial charge in [0, 0.05) is 25.6 Å². The number of halogens is 1. The summed E-state index contributed by atoms with van der Waals surface area (Å²) in [4.78, 5) is 36.7. The zero-order valence-corrected chi connectivity index (χ0v) is 13.9. The molecule has 1 heterocycles. The van der Waals surface area contributed by atoms with Crippen molar-refractivity contribution in [3.05, 3.63) is 28.8 Å². The second-order valence-corrected chi connectivity index (χ2v) is 6.61. The molecule has 1 aromatic rings. The summed E-state index contributed by atoms with van der Waals surface area (Å²) >= 11 is 7.39. The predicted octanol–water partition coefficient (Wildman–Crippen LogP) is 2.76. The minimum atomic E-state index is -0.535. The second kappa shape index (κ2) is 7.15. The SMILES string of the molecule is COC(=O)c1cccc(Cl)c1N1CC(CSC(C)=O)CC1=O. The molecule has 0 aromatic heterocycles. The van der Waals surface area contributed by atoms with Crippen LogP contribution in [0, 0.1) is 5.92 Å². The lowest BCUT2D eigenvalue weighted by Crippen LogP contribution is -2.27. The topological polar surface area (TPSA) is 63.7 Å². The number of amides is 1. The molecule has 5 nitrogen and oxygen atoms in total. The smallest absolute Gasteiger partial charge is 0.340 e. The molecule has 7 heteroatoms. The van der Waals surface area contributed by atoms with Gasteiger partial charge in [0.2, 0.25) is 5.91 Å². The van der Waals surface area contributed by atoms with Crippen molar-refractivity contribution < 1.29 is 19.1 Å². The maximum atomic E-state index is 12.3. The Labute approximate surface area is 137 Å². The number of thioether (sulfide) groups is 1. The van der Waals surface area contributed by atoms with Crippen LogP contribution in [0.25, 0.3) is 0 Å². The van der Waals surface area contributed by atoms with Crippen LogP contribution in [0.3, 0.4) is 0 Å². The number of benzene rings is 1. The van der Waals surface area contributed by atoms with Gasteiger partial charge in [0.05, 0.1) is 23.4 Å². The number of carbonyl (C=O) groups is 3.